The molecule has 2 N–H and O–H groups in total. The van der Waals surface area contributed by atoms with E-state index in [-0.39, 0.29) is 6.61 Å². The van der Waals surface area contributed by atoms with Crippen molar-refractivity contribution in [1.29, 1.82) is 0 Å². The Morgan fingerprint density at radius 3 is 3.06 bits per heavy atom. The van der Waals surface area contributed by atoms with E-state index < -0.39 is 0 Å². The molecule has 16 heavy (non-hydrogen) atoms. The zero-order valence-corrected chi connectivity index (χ0v) is 9.71. The Balaban J connectivity index is 2.25. The molecule has 0 aliphatic rings. The maximum atomic E-state index is 5.51. The number of hydrogen-bond donors (Lipinski definition) is 1. The van der Waals surface area contributed by atoms with Gasteiger partial charge in [-0.05, 0) is 12.1 Å². The number of aryl methyl sites for hydroxylation is 1. The fraction of sp³-hybridized carbons (Fsp3) is 0.273. The van der Waals surface area contributed by atoms with Crippen LogP contribution in [0, 0.1) is 0 Å². The van der Waals surface area contributed by atoms with Crippen molar-refractivity contribution in [2.45, 2.75) is 13.3 Å². The topological polar surface area (TPSA) is 61.3 Å². The van der Waals surface area contributed by atoms with Crippen LogP contribution in [-0.4, -0.2) is 16.6 Å². The maximum Gasteiger partial charge on any atom is 0.195 e. The third-order valence-electron chi connectivity index (χ3n) is 2.09. The number of rotatable bonds is 4. The second-order valence-corrected chi connectivity index (χ2v) is 3.87. The van der Waals surface area contributed by atoms with Crippen molar-refractivity contribution in [3.8, 4) is 5.75 Å². The van der Waals surface area contributed by atoms with Crippen LogP contribution in [0.3, 0.4) is 0 Å². The number of hydrogen-bond acceptors (Lipinski definition) is 4. The monoisotopic (exact) mass is 236 g/mol. The second kappa shape index (κ2) is 4.49. The maximum absolute atomic E-state index is 5.51. The van der Waals surface area contributed by atoms with Gasteiger partial charge in [0.1, 0.15) is 22.9 Å². The highest BCUT2D eigenvalue weighted by molar-refractivity contribution is 7.80. The van der Waals surface area contributed by atoms with Crippen molar-refractivity contribution in [3.05, 3.63) is 24.1 Å². The molecule has 0 aliphatic heterocycles. The number of nitrogens with two attached hydrogens (primary N) is 1. The van der Waals surface area contributed by atoms with Crippen LogP contribution in [0.4, 0.5) is 0 Å². The van der Waals surface area contributed by atoms with Gasteiger partial charge in [-0.1, -0.05) is 19.1 Å². The minimum Gasteiger partial charge on any atom is -0.486 e. The van der Waals surface area contributed by atoms with Crippen molar-refractivity contribution in [2.75, 3.05) is 6.61 Å². The summed E-state index contributed by atoms with van der Waals surface area (Å²) in [6, 6.07) is 5.47. The molecule has 1 aromatic carbocycles. The largest absolute Gasteiger partial charge is 0.486 e. The highest BCUT2D eigenvalue weighted by Gasteiger charge is 2.05. The SMILES string of the molecule is CCc1nc2ccc(OCC(N)=S)cc2o1. The molecule has 0 fully saturated rings. The molecule has 0 amide bonds. The van der Waals surface area contributed by atoms with E-state index in [0.717, 1.165) is 23.4 Å². The Morgan fingerprint density at radius 1 is 1.56 bits per heavy atom. The molecule has 4 nitrogen and oxygen atoms in total. The Hall–Kier alpha value is -1.62. The molecule has 0 radical (unpaired) electrons. The zero-order chi connectivity index (χ0) is 11.5. The summed E-state index contributed by atoms with van der Waals surface area (Å²) < 4.78 is 10.9. The third-order valence-corrected chi connectivity index (χ3v) is 2.21. The molecule has 0 unspecified atom stereocenters. The van der Waals surface area contributed by atoms with Crippen molar-refractivity contribution >= 4 is 28.3 Å². The van der Waals surface area contributed by atoms with Gasteiger partial charge >= 0.3 is 0 Å². The van der Waals surface area contributed by atoms with E-state index in [4.69, 9.17) is 27.1 Å². The van der Waals surface area contributed by atoms with E-state index in [2.05, 4.69) is 4.98 Å². The predicted molar refractivity (Wildman–Crippen MR) is 65.7 cm³/mol. The van der Waals surface area contributed by atoms with E-state index in [1.807, 2.05) is 19.1 Å². The number of aromatic nitrogens is 1. The molecular weight excluding hydrogens is 224 g/mol. The summed E-state index contributed by atoms with van der Waals surface area (Å²) in [5.74, 6) is 1.40. The zero-order valence-electron chi connectivity index (χ0n) is 8.90. The van der Waals surface area contributed by atoms with E-state index >= 15 is 0 Å². The molecule has 0 aliphatic carbocycles. The normalized spacial score (nSPS) is 10.6. The van der Waals surface area contributed by atoms with E-state index in [0.29, 0.717) is 10.7 Å². The number of oxazole rings is 1. The fourth-order valence-electron chi connectivity index (χ4n) is 1.35. The lowest BCUT2D eigenvalue weighted by Gasteiger charge is -2.03. The van der Waals surface area contributed by atoms with Crippen molar-refractivity contribution in [2.24, 2.45) is 5.73 Å². The number of fused-ring (bicyclic) bond motifs is 1. The summed E-state index contributed by atoms with van der Waals surface area (Å²) in [7, 11) is 0. The first-order chi connectivity index (χ1) is 7.69. The van der Waals surface area contributed by atoms with Gasteiger partial charge in [0.25, 0.3) is 0 Å². The average Bonchev–Trinajstić information content (AvgIpc) is 2.68. The van der Waals surface area contributed by atoms with Gasteiger partial charge in [-0.25, -0.2) is 4.98 Å². The molecule has 2 rings (SSSR count). The second-order valence-electron chi connectivity index (χ2n) is 3.35. The molecule has 0 saturated heterocycles. The van der Waals surface area contributed by atoms with E-state index in [1.54, 1.807) is 6.07 Å². The molecule has 2 aromatic rings. The molecule has 0 spiro atoms. The molecule has 1 aromatic heterocycles. The van der Waals surface area contributed by atoms with Crippen LogP contribution >= 0.6 is 12.2 Å². The van der Waals surface area contributed by atoms with Gasteiger partial charge in [-0.15, -0.1) is 0 Å². The summed E-state index contributed by atoms with van der Waals surface area (Å²) in [6.45, 7) is 2.23. The average molecular weight is 236 g/mol. The summed E-state index contributed by atoms with van der Waals surface area (Å²) in [5, 5.41) is 0. The Bertz CT molecular complexity index is 522. The molecule has 5 heteroatoms. The van der Waals surface area contributed by atoms with Crippen LogP contribution in [0.2, 0.25) is 0 Å². The summed E-state index contributed by atoms with van der Waals surface area (Å²) in [6.07, 6.45) is 0.776. The van der Waals surface area contributed by atoms with Gasteiger partial charge in [0, 0.05) is 12.5 Å². The van der Waals surface area contributed by atoms with Crippen LogP contribution in [0.15, 0.2) is 22.6 Å². The van der Waals surface area contributed by atoms with Gasteiger partial charge in [0.2, 0.25) is 0 Å². The first-order valence-corrected chi connectivity index (χ1v) is 5.40. The Morgan fingerprint density at radius 2 is 2.38 bits per heavy atom. The third kappa shape index (κ3) is 2.30. The van der Waals surface area contributed by atoms with Crippen LogP contribution in [0.25, 0.3) is 11.1 Å². The van der Waals surface area contributed by atoms with Crippen molar-refractivity contribution < 1.29 is 9.15 Å². The Kier molecular flexibility index (Phi) is 3.05. The first-order valence-electron chi connectivity index (χ1n) is 4.99. The van der Waals surface area contributed by atoms with Gasteiger partial charge < -0.3 is 14.9 Å². The minimum atomic E-state index is 0.232. The van der Waals surface area contributed by atoms with E-state index in [1.165, 1.54) is 0 Å². The van der Waals surface area contributed by atoms with Crippen LogP contribution < -0.4 is 10.5 Å². The lowest BCUT2D eigenvalue weighted by atomic mass is 10.3. The lowest BCUT2D eigenvalue weighted by Crippen LogP contribution is -2.17. The van der Waals surface area contributed by atoms with Gasteiger partial charge in [-0.2, -0.15) is 0 Å². The quantitative estimate of drug-likeness (QED) is 0.823. The lowest BCUT2D eigenvalue weighted by molar-refractivity contribution is 0.377. The number of nitrogens with zero attached hydrogens (tertiary/aromatic N) is 1. The number of thiocarbonyl (C=S) groups is 1. The number of benzene rings is 1. The van der Waals surface area contributed by atoms with Crippen LogP contribution in [-0.2, 0) is 6.42 Å². The smallest absolute Gasteiger partial charge is 0.195 e. The van der Waals surface area contributed by atoms with Gasteiger partial charge in [-0.3, -0.25) is 0 Å². The molecular formula is C11H12N2O2S. The number of ether oxygens (including phenoxy) is 1. The van der Waals surface area contributed by atoms with Gasteiger partial charge in [0.15, 0.2) is 11.5 Å². The highest BCUT2D eigenvalue weighted by atomic mass is 32.1. The molecule has 1 heterocycles. The minimum absolute atomic E-state index is 0.232. The summed E-state index contributed by atoms with van der Waals surface area (Å²) in [4.78, 5) is 4.62. The standard InChI is InChI=1S/C11H12N2O2S/c1-2-11-13-8-4-3-7(5-9(8)15-11)14-6-10(12)16/h3-5H,2,6H2,1H3,(H2,12,16). The Labute approximate surface area is 98.4 Å². The molecule has 84 valence electrons. The summed E-state index contributed by atoms with van der Waals surface area (Å²) in [5.41, 5.74) is 6.90. The van der Waals surface area contributed by atoms with Crippen LogP contribution in [0.5, 0.6) is 5.75 Å². The summed E-state index contributed by atoms with van der Waals surface area (Å²) >= 11 is 4.73. The van der Waals surface area contributed by atoms with Crippen molar-refractivity contribution in [3.63, 3.8) is 0 Å². The predicted octanol–water partition coefficient (Wildman–Crippen LogP) is 2.06. The molecule has 0 bridgehead atoms. The first kappa shape index (κ1) is 10.9. The van der Waals surface area contributed by atoms with Crippen LogP contribution in [0.1, 0.15) is 12.8 Å². The molecule has 0 saturated carbocycles. The van der Waals surface area contributed by atoms with E-state index in [9.17, 15) is 0 Å². The fourth-order valence-corrected chi connectivity index (χ4v) is 1.41. The highest BCUT2D eigenvalue weighted by Crippen LogP contribution is 2.21. The van der Waals surface area contributed by atoms with Crippen molar-refractivity contribution in [1.82, 2.24) is 4.98 Å². The van der Waals surface area contributed by atoms with Gasteiger partial charge in [0.05, 0.1) is 0 Å². The molecule has 0 atom stereocenters.